The fraction of sp³-hybridized carbons (Fsp3) is 0.385. The number of nitrogen functional groups attached to an aromatic ring is 1. The molecule has 0 saturated heterocycles. The predicted molar refractivity (Wildman–Crippen MR) is 70.6 cm³/mol. The molecule has 1 aromatic carbocycles. The van der Waals surface area contributed by atoms with Crippen LogP contribution >= 0.6 is 0 Å². The van der Waals surface area contributed by atoms with E-state index < -0.39 is 0 Å². The van der Waals surface area contributed by atoms with E-state index in [1.807, 2.05) is 28.9 Å². The summed E-state index contributed by atoms with van der Waals surface area (Å²) in [5.41, 5.74) is 7.92. The zero-order valence-electron chi connectivity index (χ0n) is 10.9. The van der Waals surface area contributed by atoms with Crippen molar-refractivity contribution in [3.8, 4) is 5.75 Å². The summed E-state index contributed by atoms with van der Waals surface area (Å²) in [5.74, 6) is 1.64. The Hall–Kier alpha value is -2.04. The molecule has 1 heterocycles. The van der Waals surface area contributed by atoms with Crippen LogP contribution in [0.2, 0.25) is 0 Å². The summed E-state index contributed by atoms with van der Waals surface area (Å²) < 4.78 is 7.05. The molecule has 0 spiro atoms. The van der Waals surface area contributed by atoms with Crippen molar-refractivity contribution in [3.63, 3.8) is 0 Å². The molecule has 1 aromatic heterocycles. The lowest BCUT2D eigenvalue weighted by Gasteiger charge is -2.10. The van der Waals surface area contributed by atoms with Crippen molar-refractivity contribution in [1.29, 1.82) is 0 Å². The van der Waals surface area contributed by atoms with Crippen LogP contribution in [0.15, 0.2) is 24.3 Å². The first-order valence-corrected chi connectivity index (χ1v) is 5.93. The molecule has 0 aliphatic rings. The molecule has 0 bridgehead atoms. The molecular formula is C13H18N4O. The van der Waals surface area contributed by atoms with Crippen LogP contribution in [0.5, 0.6) is 5.75 Å². The number of ether oxygens (including phenoxy) is 1. The summed E-state index contributed by atoms with van der Waals surface area (Å²) in [5, 5.41) is 8.02. The van der Waals surface area contributed by atoms with E-state index in [1.54, 1.807) is 7.11 Å². The van der Waals surface area contributed by atoms with Gasteiger partial charge in [0.15, 0.2) is 5.82 Å². The Balaban J connectivity index is 2.28. The molecule has 2 aromatic rings. The Kier molecular flexibility index (Phi) is 3.50. The molecule has 0 amide bonds. The number of hydrogen-bond acceptors (Lipinski definition) is 4. The lowest BCUT2D eigenvalue weighted by Crippen LogP contribution is -2.08. The number of nitrogens with two attached hydrogens (primary N) is 1. The fourth-order valence-electron chi connectivity index (χ4n) is 1.99. The number of nitrogens with zero attached hydrogens (tertiary/aromatic N) is 3. The quantitative estimate of drug-likeness (QED) is 0.896. The first kappa shape index (κ1) is 12.4. The van der Waals surface area contributed by atoms with E-state index in [9.17, 15) is 0 Å². The summed E-state index contributed by atoms with van der Waals surface area (Å²) in [7, 11) is 1.66. The van der Waals surface area contributed by atoms with Gasteiger partial charge < -0.3 is 10.5 Å². The van der Waals surface area contributed by atoms with Gasteiger partial charge in [-0.25, -0.2) is 4.68 Å². The highest BCUT2D eigenvalue weighted by Crippen LogP contribution is 2.21. The van der Waals surface area contributed by atoms with E-state index in [4.69, 9.17) is 10.5 Å². The van der Waals surface area contributed by atoms with Gasteiger partial charge in [0.1, 0.15) is 5.75 Å². The predicted octanol–water partition coefficient (Wildman–Crippen LogP) is 2.04. The van der Waals surface area contributed by atoms with E-state index in [0.29, 0.717) is 18.3 Å². The Morgan fingerprint density at radius 3 is 2.83 bits per heavy atom. The first-order chi connectivity index (χ1) is 8.61. The van der Waals surface area contributed by atoms with Crippen molar-refractivity contribution in [2.45, 2.75) is 26.3 Å². The number of aromatic nitrogens is 3. The maximum atomic E-state index is 5.83. The second-order valence-corrected chi connectivity index (χ2v) is 4.52. The van der Waals surface area contributed by atoms with Gasteiger partial charge in [0, 0.05) is 0 Å². The molecule has 0 unspecified atom stereocenters. The van der Waals surface area contributed by atoms with Gasteiger partial charge in [-0.15, -0.1) is 5.10 Å². The number of rotatable bonds is 4. The van der Waals surface area contributed by atoms with Crippen LogP contribution in [0.25, 0.3) is 0 Å². The highest BCUT2D eigenvalue weighted by Gasteiger charge is 2.13. The van der Waals surface area contributed by atoms with Crippen molar-refractivity contribution in [3.05, 3.63) is 35.5 Å². The monoisotopic (exact) mass is 246 g/mol. The van der Waals surface area contributed by atoms with Gasteiger partial charge in [-0.05, 0) is 23.6 Å². The average molecular weight is 246 g/mol. The minimum absolute atomic E-state index is 0.297. The molecule has 18 heavy (non-hydrogen) atoms. The highest BCUT2D eigenvalue weighted by molar-refractivity contribution is 5.36. The third-order valence-electron chi connectivity index (χ3n) is 2.81. The number of methoxy groups -OCH3 is 1. The van der Waals surface area contributed by atoms with E-state index >= 15 is 0 Å². The van der Waals surface area contributed by atoms with Crippen LogP contribution < -0.4 is 10.5 Å². The fourth-order valence-corrected chi connectivity index (χ4v) is 1.99. The zero-order valence-corrected chi connectivity index (χ0v) is 10.9. The van der Waals surface area contributed by atoms with Gasteiger partial charge in [-0.3, -0.25) is 0 Å². The first-order valence-electron chi connectivity index (χ1n) is 5.93. The molecule has 5 heteroatoms. The minimum Gasteiger partial charge on any atom is -0.497 e. The maximum absolute atomic E-state index is 5.83. The standard InChI is InChI=1S/C13H18N4O/c1-9(2)12-13(14)15-16-17(12)8-10-5-4-6-11(7-10)18-3/h4-7,9H,8,14H2,1-3H3. The van der Waals surface area contributed by atoms with Crippen LogP contribution in [0.4, 0.5) is 5.82 Å². The molecule has 0 saturated carbocycles. The Morgan fingerprint density at radius 1 is 1.39 bits per heavy atom. The van der Waals surface area contributed by atoms with Crippen LogP contribution in [0.1, 0.15) is 31.0 Å². The summed E-state index contributed by atoms with van der Waals surface area (Å²) >= 11 is 0. The van der Waals surface area contributed by atoms with Crippen molar-refractivity contribution in [2.75, 3.05) is 12.8 Å². The largest absolute Gasteiger partial charge is 0.497 e. The van der Waals surface area contributed by atoms with Gasteiger partial charge in [0.25, 0.3) is 0 Å². The Labute approximate surface area is 107 Å². The topological polar surface area (TPSA) is 66.0 Å². The molecule has 0 aliphatic carbocycles. The average Bonchev–Trinajstić information content (AvgIpc) is 2.70. The third kappa shape index (κ3) is 2.45. The lowest BCUT2D eigenvalue weighted by atomic mass is 10.1. The molecule has 0 aliphatic heterocycles. The smallest absolute Gasteiger partial charge is 0.169 e. The summed E-state index contributed by atoms with van der Waals surface area (Å²) in [6.07, 6.45) is 0. The van der Waals surface area contributed by atoms with E-state index in [1.165, 1.54) is 0 Å². The van der Waals surface area contributed by atoms with Gasteiger partial charge >= 0.3 is 0 Å². The minimum atomic E-state index is 0.297. The van der Waals surface area contributed by atoms with Crippen molar-refractivity contribution in [2.24, 2.45) is 0 Å². The summed E-state index contributed by atoms with van der Waals surface area (Å²) in [6, 6.07) is 7.90. The number of hydrogen-bond donors (Lipinski definition) is 1. The van der Waals surface area contributed by atoms with Crippen molar-refractivity contribution in [1.82, 2.24) is 15.0 Å². The van der Waals surface area contributed by atoms with Gasteiger partial charge in [-0.2, -0.15) is 0 Å². The Morgan fingerprint density at radius 2 is 2.17 bits per heavy atom. The normalized spacial score (nSPS) is 10.9. The highest BCUT2D eigenvalue weighted by atomic mass is 16.5. The van der Waals surface area contributed by atoms with Crippen LogP contribution in [0, 0.1) is 0 Å². The summed E-state index contributed by atoms with van der Waals surface area (Å²) in [4.78, 5) is 0. The second kappa shape index (κ2) is 5.08. The molecule has 0 radical (unpaired) electrons. The Bertz CT molecular complexity index is 534. The van der Waals surface area contributed by atoms with E-state index in [2.05, 4.69) is 24.2 Å². The van der Waals surface area contributed by atoms with Crippen LogP contribution in [-0.4, -0.2) is 22.1 Å². The molecule has 96 valence electrons. The number of anilines is 1. The second-order valence-electron chi connectivity index (χ2n) is 4.52. The van der Waals surface area contributed by atoms with Gasteiger partial charge in [0.2, 0.25) is 0 Å². The number of benzene rings is 1. The summed E-state index contributed by atoms with van der Waals surface area (Å²) in [6.45, 7) is 4.81. The molecule has 5 nitrogen and oxygen atoms in total. The van der Waals surface area contributed by atoms with Crippen LogP contribution in [0.3, 0.4) is 0 Å². The SMILES string of the molecule is COc1cccc(Cn2nnc(N)c2C(C)C)c1. The van der Waals surface area contributed by atoms with Gasteiger partial charge in [-0.1, -0.05) is 31.2 Å². The zero-order chi connectivity index (χ0) is 13.1. The van der Waals surface area contributed by atoms with Gasteiger partial charge in [0.05, 0.1) is 19.3 Å². The van der Waals surface area contributed by atoms with Crippen molar-refractivity contribution >= 4 is 5.82 Å². The molecular weight excluding hydrogens is 228 g/mol. The third-order valence-corrected chi connectivity index (χ3v) is 2.81. The molecule has 2 rings (SSSR count). The molecule has 2 N–H and O–H groups in total. The van der Waals surface area contributed by atoms with Crippen LogP contribution in [-0.2, 0) is 6.54 Å². The maximum Gasteiger partial charge on any atom is 0.169 e. The van der Waals surface area contributed by atoms with E-state index in [0.717, 1.165) is 17.0 Å². The molecule has 0 fully saturated rings. The molecule has 0 atom stereocenters. The van der Waals surface area contributed by atoms with E-state index in [-0.39, 0.29) is 0 Å². The van der Waals surface area contributed by atoms with Crippen molar-refractivity contribution < 1.29 is 4.74 Å². The lowest BCUT2D eigenvalue weighted by molar-refractivity contribution is 0.414.